The molecule has 0 aromatic rings. The molecule has 0 saturated carbocycles. The first-order valence-corrected chi connectivity index (χ1v) is 5.24. The van der Waals surface area contributed by atoms with Crippen LogP contribution in [0.3, 0.4) is 0 Å². The average Bonchev–Trinajstić information content (AvgIpc) is 2.28. The Bertz CT molecular complexity index is 243. The number of ketones is 1. The molecule has 5 nitrogen and oxygen atoms in total. The highest BCUT2D eigenvalue weighted by Gasteiger charge is 2.29. The lowest BCUT2D eigenvalue weighted by Gasteiger charge is -2.33. The van der Waals surface area contributed by atoms with Crippen molar-refractivity contribution in [1.29, 1.82) is 0 Å². The van der Waals surface area contributed by atoms with E-state index in [1.807, 2.05) is 11.8 Å². The summed E-state index contributed by atoms with van der Waals surface area (Å²) < 4.78 is 5.24. The molecule has 1 aliphatic rings. The molecular weight excluding hydrogens is 196 g/mol. The molecule has 0 aromatic carbocycles. The Morgan fingerprint density at radius 1 is 1.53 bits per heavy atom. The number of carbonyl (C=O) groups excluding carboxylic acids is 2. The van der Waals surface area contributed by atoms with E-state index in [0.717, 1.165) is 0 Å². The van der Waals surface area contributed by atoms with Gasteiger partial charge in [0.15, 0.2) is 0 Å². The summed E-state index contributed by atoms with van der Waals surface area (Å²) in [6.45, 7) is 3.78. The number of amides is 1. The molecule has 1 saturated heterocycles. The van der Waals surface area contributed by atoms with Crippen LogP contribution in [0.2, 0.25) is 0 Å². The molecule has 1 heterocycles. The number of Topliss-reactive ketones (excluding diaryl/α,β-unsaturated/α-hetero) is 1. The largest absolute Gasteiger partial charge is 0.378 e. The monoisotopic (exact) mass is 214 g/mol. The molecular formula is C10H18N2O3. The standard InChI is InChI=1S/C10H18N2O3/c1-3-8(13)6-12-4-5-15-7-9(12)10(14)11-2/h9H,3-7H2,1-2H3,(H,11,14). The predicted molar refractivity (Wildman–Crippen MR) is 55.5 cm³/mol. The summed E-state index contributed by atoms with van der Waals surface area (Å²) in [4.78, 5) is 24.7. The van der Waals surface area contributed by atoms with Crippen molar-refractivity contribution in [3.63, 3.8) is 0 Å². The SMILES string of the molecule is CCC(=O)CN1CCOCC1C(=O)NC. The Kier molecular flexibility index (Phi) is 4.71. The second kappa shape index (κ2) is 5.82. The van der Waals surface area contributed by atoms with Crippen LogP contribution in [0, 0.1) is 0 Å². The van der Waals surface area contributed by atoms with E-state index in [0.29, 0.717) is 32.7 Å². The molecule has 0 aromatic heterocycles. The summed E-state index contributed by atoms with van der Waals surface area (Å²) in [6, 6.07) is -0.320. The van der Waals surface area contributed by atoms with E-state index in [9.17, 15) is 9.59 Å². The smallest absolute Gasteiger partial charge is 0.239 e. The fourth-order valence-corrected chi connectivity index (χ4v) is 1.57. The molecule has 1 fully saturated rings. The fourth-order valence-electron chi connectivity index (χ4n) is 1.57. The number of morpholine rings is 1. The Morgan fingerprint density at radius 3 is 2.87 bits per heavy atom. The first kappa shape index (κ1) is 12.1. The zero-order chi connectivity index (χ0) is 11.3. The summed E-state index contributed by atoms with van der Waals surface area (Å²) in [5, 5.41) is 2.58. The molecule has 1 N–H and O–H groups in total. The lowest BCUT2D eigenvalue weighted by Crippen LogP contribution is -2.54. The van der Waals surface area contributed by atoms with Gasteiger partial charge in [0.25, 0.3) is 0 Å². The highest BCUT2D eigenvalue weighted by Crippen LogP contribution is 2.07. The van der Waals surface area contributed by atoms with Gasteiger partial charge in [0.2, 0.25) is 5.91 Å². The van der Waals surface area contributed by atoms with Crippen LogP contribution < -0.4 is 5.32 Å². The van der Waals surface area contributed by atoms with Crippen LogP contribution in [0.1, 0.15) is 13.3 Å². The maximum atomic E-state index is 11.5. The van der Waals surface area contributed by atoms with Crippen LogP contribution in [0.4, 0.5) is 0 Å². The quantitative estimate of drug-likeness (QED) is 0.679. The normalized spacial score (nSPS) is 22.4. The number of rotatable bonds is 4. The summed E-state index contributed by atoms with van der Waals surface area (Å²) in [7, 11) is 1.59. The van der Waals surface area contributed by atoms with E-state index in [1.165, 1.54) is 0 Å². The van der Waals surface area contributed by atoms with Gasteiger partial charge in [-0.05, 0) is 0 Å². The minimum Gasteiger partial charge on any atom is -0.378 e. The summed E-state index contributed by atoms with van der Waals surface area (Å²) >= 11 is 0. The number of ether oxygens (including phenoxy) is 1. The van der Waals surface area contributed by atoms with E-state index < -0.39 is 0 Å². The third kappa shape index (κ3) is 3.28. The van der Waals surface area contributed by atoms with Crippen LogP contribution in [0.5, 0.6) is 0 Å². The number of nitrogens with one attached hydrogen (secondary N) is 1. The van der Waals surface area contributed by atoms with E-state index in [-0.39, 0.29) is 17.7 Å². The van der Waals surface area contributed by atoms with Gasteiger partial charge in [-0.1, -0.05) is 6.92 Å². The molecule has 0 bridgehead atoms. The van der Waals surface area contributed by atoms with Crippen molar-refractivity contribution in [1.82, 2.24) is 10.2 Å². The van der Waals surface area contributed by atoms with Gasteiger partial charge in [0, 0.05) is 20.0 Å². The number of carbonyl (C=O) groups is 2. The Labute approximate surface area is 89.8 Å². The zero-order valence-electron chi connectivity index (χ0n) is 9.28. The third-order valence-corrected chi connectivity index (χ3v) is 2.56. The van der Waals surface area contributed by atoms with E-state index in [1.54, 1.807) is 7.05 Å². The van der Waals surface area contributed by atoms with Crippen LogP contribution in [-0.2, 0) is 14.3 Å². The van der Waals surface area contributed by atoms with Gasteiger partial charge in [0.1, 0.15) is 11.8 Å². The summed E-state index contributed by atoms with van der Waals surface area (Å²) in [5.74, 6) is 0.0735. The van der Waals surface area contributed by atoms with Gasteiger partial charge < -0.3 is 10.1 Å². The van der Waals surface area contributed by atoms with Gasteiger partial charge in [-0.3, -0.25) is 14.5 Å². The Hall–Kier alpha value is -0.940. The molecule has 1 amide bonds. The zero-order valence-corrected chi connectivity index (χ0v) is 9.28. The maximum Gasteiger partial charge on any atom is 0.239 e. The van der Waals surface area contributed by atoms with Gasteiger partial charge in [-0.2, -0.15) is 0 Å². The van der Waals surface area contributed by atoms with Crippen molar-refractivity contribution in [2.45, 2.75) is 19.4 Å². The van der Waals surface area contributed by atoms with Gasteiger partial charge in [-0.25, -0.2) is 0 Å². The molecule has 5 heteroatoms. The highest BCUT2D eigenvalue weighted by molar-refractivity contribution is 5.84. The summed E-state index contributed by atoms with van der Waals surface area (Å²) in [5.41, 5.74) is 0. The van der Waals surface area contributed by atoms with Crippen LogP contribution >= 0.6 is 0 Å². The molecule has 1 rings (SSSR count). The van der Waals surface area contributed by atoms with Crippen molar-refractivity contribution >= 4 is 11.7 Å². The van der Waals surface area contributed by atoms with Crippen molar-refractivity contribution in [2.24, 2.45) is 0 Å². The lowest BCUT2D eigenvalue weighted by molar-refractivity contribution is -0.134. The molecule has 1 atom stereocenters. The average molecular weight is 214 g/mol. The van der Waals surface area contributed by atoms with E-state index >= 15 is 0 Å². The third-order valence-electron chi connectivity index (χ3n) is 2.56. The Balaban J connectivity index is 2.57. The van der Waals surface area contributed by atoms with E-state index in [2.05, 4.69) is 5.32 Å². The number of likely N-dealkylation sites (N-methyl/N-ethyl adjacent to an activating group) is 1. The molecule has 0 spiro atoms. The molecule has 0 aliphatic carbocycles. The van der Waals surface area contributed by atoms with Gasteiger partial charge in [-0.15, -0.1) is 0 Å². The molecule has 15 heavy (non-hydrogen) atoms. The molecule has 0 radical (unpaired) electrons. The minimum atomic E-state index is -0.320. The van der Waals surface area contributed by atoms with Crippen LogP contribution in [0.15, 0.2) is 0 Å². The van der Waals surface area contributed by atoms with Crippen LogP contribution in [0.25, 0.3) is 0 Å². The van der Waals surface area contributed by atoms with Crippen molar-refractivity contribution in [2.75, 3.05) is 33.4 Å². The predicted octanol–water partition coefficient (Wildman–Crippen LogP) is -0.588. The highest BCUT2D eigenvalue weighted by atomic mass is 16.5. The molecule has 86 valence electrons. The molecule has 1 unspecified atom stereocenters. The van der Waals surface area contributed by atoms with Gasteiger partial charge >= 0.3 is 0 Å². The minimum absolute atomic E-state index is 0.0846. The second-order valence-electron chi connectivity index (χ2n) is 3.57. The van der Waals surface area contributed by atoms with Crippen molar-refractivity contribution < 1.29 is 14.3 Å². The van der Waals surface area contributed by atoms with E-state index in [4.69, 9.17) is 4.74 Å². The Morgan fingerprint density at radius 2 is 2.27 bits per heavy atom. The first-order chi connectivity index (χ1) is 7.19. The first-order valence-electron chi connectivity index (χ1n) is 5.24. The van der Waals surface area contributed by atoms with Crippen molar-refractivity contribution in [3.05, 3.63) is 0 Å². The number of hydrogen-bond acceptors (Lipinski definition) is 4. The summed E-state index contributed by atoms with van der Waals surface area (Å²) in [6.07, 6.45) is 0.512. The number of nitrogens with zero attached hydrogens (tertiary/aromatic N) is 1. The second-order valence-corrected chi connectivity index (χ2v) is 3.57. The maximum absolute atomic E-state index is 11.5. The lowest BCUT2D eigenvalue weighted by atomic mass is 10.2. The molecule has 1 aliphatic heterocycles. The fraction of sp³-hybridized carbons (Fsp3) is 0.800. The number of hydrogen-bond donors (Lipinski definition) is 1. The topological polar surface area (TPSA) is 58.6 Å². The van der Waals surface area contributed by atoms with Gasteiger partial charge in [0.05, 0.1) is 19.8 Å². The van der Waals surface area contributed by atoms with Crippen molar-refractivity contribution in [3.8, 4) is 0 Å². The van der Waals surface area contributed by atoms with Crippen LogP contribution in [-0.4, -0.2) is 56.0 Å².